The molecule has 1 aromatic rings. The minimum absolute atomic E-state index is 0.212. The number of benzene rings is 1. The molecule has 0 aromatic heterocycles. The highest BCUT2D eigenvalue weighted by molar-refractivity contribution is 5.41. The summed E-state index contributed by atoms with van der Waals surface area (Å²) in [5, 5.41) is 10.1. The molecule has 0 saturated carbocycles. The van der Waals surface area contributed by atoms with E-state index < -0.39 is 6.10 Å². The van der Waals surface area contributed by atoms with E-state index in [0.717, 1.165) is 18.8 Å². The number of hydrogen-bond donors (Lipinski definition) is 2. The number of aliphatic hydroxyl groups excluding tert-OH is 1. The van der Waals surface area contributed by atoms with E-state index in [4.69, 9.17) is 15.2 Å². The lowest BCUT2D eigenvalue weighted by molar-refractivity contribution is -0.0786. The molecular formula is C15H24N2O3. The van der Waals surface area contributed by atoms with Crippen LogP contribution in [-0.4, -0.2) is 54.6 Å². The summed E-state index contributed by atoms with van der Waals surface area (Å²) in [6, 6.07) is 7.18. The molecule has 0 amide bonds. The number of ether oxygens (including phenoxy) is 2. The fraction of sp³-hybridized carbons (Fsp3) is 0.600. The summed E-state index contributed by atoms with van der Waals surface area (Å²) in [5.74, 6) is 0.724. The molecule has 5 heteroatoms. The van der Waals surface area contributed by atoms with Crippen LogP contribution in [0.1, 0.15) is 13.8 Å². The Morgan fingerprint density at radius 2 is 1.90 bits per heavy atom. The van der Waals surface area contributed by atoms with Gasteiger partial charge in [0.1, 0.15) is 18.5 Å². The fourth-order valence-corrected chi connectivity index (χ4v) is 2.54. The van der Waals surface area contributed by atoms with Gasteiger partial charge in [0, 0.05) is 25.3 Å². The molecular weight excluding hydrogens is 256 g/mol. The highest BCUT2D eigenvalue weighted by atomic mass is 16.5. The van der Waals surface area contributed by atoms with Crippen LogP contribution in [0.25, 0.3) is 0 Å². The first kappa shape index (κ1) is 15.1. The molecule has 20 heavy (non-hydrogen) atoms. The van der Waals surface area contributed by atoms with Gasteiger partial charge in [-0.25, -0.2) is 0 Å². The zero-order chi connectivity index (χ0) is 14.5. The topological polar surface area (TPSA) is 68.0 Å². The van der Waals surface area contributed by atoms with Crippen LogP contribution < -0.4 is 10.5 Å². The van der Waals surface area contributed by atoms with Crippen LogP contribution in [0.5, 0.6) is 5.75 Å². The van der Waals surface area contributed by atoms with E-state index in [2.05, 4.69) is 18.7 Å². The fourth-order valence-electron chi connectivity index (χ4n) is 2.54. The third-order valence-electron chi connectivity index (χ3n) is 3.29. The third kappa shape index (κ3) is 4.67. The van der Waals surface area contributed by atoms with Crippen LogP contribution in [0.2, 0.25) is 0 Å². The summed E-state index contributed by atoms with van der Waals surface area (Å²) >= 11 is 0. The molecule has 2 rings (SSSR count). The van der Waals surface area contributed by atoms with Crippen LogP contribution in [0.15, 0.2) is 24.3 Å². The Bertz CT molecular complexity index is 400. The van der Waals surface area contributed by atoms with Crippen LogP contribution in [-0.2, 0) is 4.74 Å². The molecule has 1 aliphatic rings. The van der Waals surface area contributed by atoms with E-state index in [0.29, 0.717) is 12.2 Å². The first-order valence-corrected chi connectivity index (χ1v) is 7.07. The lowest BCUT2D eigenvalue weighted by Crippen LogP contribution is -2.48. The highest BCUT2D eigenvalue weighted by Gasteiger charge is 2.23. The molecule has 1 fully saturated rings. The number of nitrogen functional groups attached to an aromatic ring is 1. The van der Waals surface area contributed by atoms with Crippen molar-refractivity contribution >= 4 is 5.69 Å². The molecule has 1 aliphatic heterocycles. The van der Waals surface area contributed by atoms with Gasteiger partial charge in [0.15, 0.2) is 0 Å². The number of rotatable bonds is 5. The van der Waals surface area contributed by atoms with E-state index >= 15 is 0 Å². The average molecular weight is 280 g/mol. The zero-order valence-electron chi connectivity index (χ0n) is 12.2. The lowest BCUT2D eigenvalue weighted by atomic mass is 10.2. The summed E-state index contributed by atoms with van der Waals surface area (Å²) < 4.78 is 11.2. The van der Waals surface area contributed by atoms with Gasteiger partial charge in [-0.1, -0.05) is 0 Å². The SMILES string of the molecule is C[C@@H]1CN(CC(O)COc2ccc(N)cc2)C[C@H](C)O1. The Morgan fingerprint density at radius 3 is 2.50 bits per heavy atom. The van der Waals surface area contributed by atoms with Crippen LogP contribution >= 0.6 is 0 Å². The maximum absolute atomic E-state index is 10.1. The molecule has 0 bridgehead atoms. The summed E-state index contributed by atoms with van der Waals surface area (Å²) in [7, 11) is 0. The summed E-state index contributed by atoms with van der Waals surface area (Å²) in [6.45, 7) is 6.70. The van der Waals surface area contributed by atoms with Crippen molar-refractivity contribution in [1.29, 1.82) is 0 Å². The number of aliphatic hydroxyl groups is 1. The Morgan fingerprint density at radius 1 is 1.30 bits per heavy atom. The van der Waals surface area contributed by atoms with Gasteiger partial charge in [0.25, 0.3) is 0 Å². The molecule has 0 aliphatic carbocycles. The minimum Gasteiger partial charge on any atom is -0.491 e. The van der Waals surface area contributed by atoms with E-state index in [1.54, 1.807) is 24.3 Å². The van der Waals surface area contributed by atoms with Crippen molar-refractivity contribution in [2.45, 2.75) is 32.2 Å². The molecule has 3 N–H and O–H groups in total. The second kappa shape index (κ2) is 6.92. The Labute approximate surface area is 120 Å². The van der Waals surface area contributed by atoms with Crippen LogP contribution in [0, 0.1) is 0 Å². The highest BCUT2D eigenvalue weighted by Crippen LogP contribution is 2.14. The normalized spacial score (nSPS) is 25.4. The quantitative estimate of drug-likeness (QED) is 0.791. The molecule has 0 spiro atoms. The second-order valence-corrected chi connectivity index (χ2v) is 5.51. The summed E-state index contributed by atoms with van der Waals surface area (Å²) in [5.41, 5.74) is 6.31. The monoisotopic (exact) mass is 280 g/mol. The molecule has 1 heterocycles. The lowest BCUT2D eigenvalue weighted by Gasteiger charge is -2.36. The van der Waals surface area contributed by atoms with E-state index in [1.165, 1.54) is 0 Å². The summed E-state index contributed by atoms with van der Waals surface area (Å²) in [6.07, 6.45) is -0.0852. The smallest absolute Gasteiger partial charge is 0.119 e. The number of anilines is 1. The van der Waals surface area contributed by atoms with E-state index in [9.17, 15) is 5.11 Å². The molecule has 5 nitrogen and oxygen atoms in total. The van der Waals surface area contributed by atoms with Crippen molar-refractivity contribution in [2.24, 2.45) is 0 Å². The Kier molecular flexibility index (Phi) is 5.23. The number of morpholine rings is 1. The van der Waals surface area contributed by atoms with Gasteiger partial charge in [-0.15, -0.1) is 0 Å². The number of nitrogens with two attached hydrogens (primary N) is 1. The molecule has 112 valence electrons. The molecule has 1 unspecified atom stereocenters. The second-order valence-electron chi connectivity index (χ2n) is 5.51. The van der Waals surface area contributed by atoms with Gasteiger partial charge in [-0.05, 0) is 38.1 Å². The van der Waals surface area contributed by atoms with Crippen molar-refractivity contribution in [1.82, 2.24) is 4.90 Å². The van der Waals surface area contributed by atoms with Gasteiger partial charge < -0.3 is 20.3 Å². The molecule has 0 radical (unpaired) electrons. The van der Waals surface area contributed by atoms with Crippen LogP contribution in [0.3, 0.4) is 0 Å². The van der Waals surface area contributed by atoms with Crippen molar-refractivity contribution < 1.29 is 14.6 Å². The minimum atomic E-state index is -0.509. The van der Waals surface area contributed by atoms with E-state index in [-0.39, 0.29) is 18.8 Å². The maximum atomic E-state index is 10.1. The predicted octanol–water partition coefficient (Wildman–Crippen LogP) is 1.12. The standard InChI is InChI=1S/C15H24N2O3/c1-11-7-17(8-12(2)20-11)9-14(18)10-19-15-5-3-13(16)4-6-15/h3-6,11-12,14,18H,7-10,16H2,1-2H3/t11-,12+,14?. The Hall–Kier alpha value is -1.30. The predicted molar refractivity (Wildman–Crippen MR) is 78.8 cm³/mol. The summed E-state index contributed by atoms with van der Waals surface area (Å²) in [4.78, 5) is 2.22. The van der Waals surface area contributed by atoms with Gasteiger partial charge >= 0.3 is 0 Å². The molecule has 1 aromatic carbocycles. The third-order valence-corrected chi connectivity index (χ3v) is 3.29. The van der Waals surface area contributed by atoms with Crippen molar-refractivity contribution in [2.75, 3.05) is 32.0 Å². The van der Waals surface area contributed by atoms with Crippen molar-refractivity contribution in [3.8, 4) is 5.75 Å². The van der Waals surface area contributed by atoms with Gasteiger partial charge in [0.2, 0.25) is 0 Å². The van der Waals surface area contributed by atoms with Gasteiger partial charge in [-0.2, -0.15) is 0 Å². The average Bonchev–Trinajstić information content (AvgIpc) is 2.37. The number of hydrogen-bond acceptors (Lipinski definition) is 5. The first-order chi connectivity index (χ1) is 9.52. The zero-order valence-corrected chi connectivity index (χ0v) is 12.2. The Balaban J connectivity index is 1.74. The number of nitrogens with zero attached hydrogens (tertiary/aromatic N) is 1. The van der Waals surface area contributed by atoms with Gasteiger partial charge in [-0.3, -0.25) is 4.90 Å². The first-order valence-electron chi connectivity index (χ1n) is 7.07. The van der Waals surface area contributed by atoms with Crippen molar-refractivity contribution in [3.05, 3.63) is 24.3 Å². The molecule has 3 atom stereocenters. The van der Waals surface area contributed by atoms with E-state index in [1.807, 2.05) is 0 Å². The van der Waals surface area contributed by atoms with Crippen LogP contribution in [0.4, 0.5) is 5.69 Å². The number of β-amino-alcohol motifs (C(OH)–C–C–N with tert-alkyl or cyclic N) is 1. The van der Waals surface area contributed by atoms with Crippen molar-refractivity contribution in [3.63, 3.8) is 0 Å². The largest absolute Gasteiger partial charge is 0.491 e. The van der Waals surface area contributed by atoms with Gasteiger partial charge in [0.05, 0.1) is 12.2 Å². The molecule has 1 saturated heterocycles. The maximum Gasteiger partial charge on any atom is 0.119 e.